The van der Waals surface area contributed by atoms with Crippen molar-refractivity contribution in [3.8, 4) is 6.07 Å². The number of rotatable bonds is 5. The highest BCUT2D eigenvalue weighted by molar-refractivity contribution is 6.02. The first-order chi connectivity index (χ1) is 13.5. The largest absolute Gasteiger partial charge is 0.338 e. The second-order valence-corrected chi connectivity index (χ2v) is 6.75. The summed E-state index contributed by atoms with van der Waals surface area (Å²) in [6.45, 7) is 6.32. The lowest BCUT2D eigenvalue weighted by molar-refractivity contribution is 0.102. The lowest BCUT2D eigenvalue weighted by Crippen LogP contribution is -2.14. The SMILES string of the molecule is Cc1cccc(C(C)C)c1Nc1cnc(C(=O)Nc2ccc(C#N)cc2)cn1. The van der Waals surface area contributed by atoms with Gasteiger partial charge in [-0.1, -0.05) is 32.0 Å². The van der Waals surface area contributed by atoms with Crippen LogP contribution in [0.25, 0.3) is 0 Å². The monoisotopic (exact) mass is 371 g/mol. The van der Waals surface area contributed by atoms with E-state index in [0.717, 1.165) is 11.3 Å². The first-order valence-corrected chi connectivity index (χ1v) is 8.98. The highest BCUT2D eigenvalue weighted by Crippen LogP contribution is 2.29. The minimum atomic E-state index is -0.359. The topological polar surface area (TPSA) is 90.7 Å². The summed E-state index contributed by atoms with van der Waals surface area (Å²) in [5, 5.41) is 14.9. The number of anilines is 3. The Morgan fingerprint density at radius 1 is 1.07 bits per heavy atom. The van der Waals surface area contributed by atoms with E-state index in [1.165, 1.54) is 11.8 Å². The van der Waals surface area contributed by atoms with Gasteiger partial charge in [0.25, 0.3) is 5.91 Å². The number of nitriles is 1. The number of hydrogen-bond donors (Lipinski definition) is 2. The molecule has 3 rings (SSSR count). The predicted molar refractivity (Wildman–Crippen MR) is 110 cm³/mol. The van der Waals surface area contributed by atoms with Gasteiger partial charge in [-0.15, -0.1) is 0 Å². The van der Waals surface area contributed by atoms with Crippen molar-refractivity contribution in [2.24, 2.45) is 0 Å². The summed E-state index contributed by atoms with van der Waals surface area (Å²) >= 11 is 0. The van der Waals surface area contributed by atoms with E-state index in [2.05, 4.69) is 40.5 Å². The van der Waals surface area contributed by atoms with Crippen LogP contribution in [0.1, 0.15) is 46.9 Å². The lowest BCUT2D eigenvalue weighted by atomic mass is 9.98. The third-order valence-corrected chi connectivity index (χ3v) is 4.34. The highest BCUT2D eigenvalue weighted by atomic mass is 16.1. The molecule has 1 aromatic heterocycles. The number of carbonyl (C=O) groups is 1. The fourth-order valence-electron chi connectivity index (χ4n) is 2.80. The van der Waals surface area contributed by atoms with Crippen LogP contribution in [-0.4, -0.2) is 15.9 Å². The molecule has 2 aromatic carbocycles. The predicted octanol–water partition coefficient (Wildman–Crippen LogP) is 4.78. The van der Waals surface area contributed by atoms with Crippen molar-refractivity contribution >= 4 is 23.1 Å². The van der Waals surface area contributed by atoms with Crippen LogP contribution in [0.2, 0.25) is 0 Å². The lowest BCUT2D eigenvalue weighted by Gasteiger charge is -2.16. The summed E-state index contributed by atoms with van der Waals surface area (Å²) < 4.78 is 0. The summed E-state index contributed by atoms with van der Waals surface area (Å²) in [5.41, 5.74) is 4.67. The summed E-state index contributed by atoms with van der Waals surface area (Å²) in [4.78, 5) is 20.9. The Balaban J connectivity index is 1.73. The van der Waals surface area contributed by atoms with Gasteiger partial charge >= 0.3 is 0 Å². The van der Waals surface area contributed by atoms with Crippen molar-refractivity contribution in [3.63, 3.8) is 0 Å². The molecule has 0 aliphatic heterocycles. The average Bonchev–Trinajstić information content (AvgIpc) is 2.70. The average molecular weight is 371 g/mol. The number of nitrogens with zero attached hydrogens (tertiary/aromatic N) is 3. The molecule has 0 radical (unpaired) electrons. The van der Waals surface area contributed by atoms with Crippen LogP contribution < -0.4 is 10.6 Å². The van der Waals surface area contributed by atoms with E-state index in [1.807, 2.05) is 25.1 Å². The van der Waals surface area contributed by atoms with Crippen molar-refractivity contribution in [3.05, 3.63) is 77.2 Å². The maximum Gasteiger partial charge on any atom is 0.275 e. The summed E-state index contributed by atoms with van der Waals surface area (Å²) in [6.07, 6.45) is 2.98. The Morgan fingerprint density at radius 3 is 2.43 bits per heavy atom. The van der Waals surface area contributed by atoms with Gasteiger partial charge in [-0.05, 0) is 48.2 Å². The molecule has 0 atom stereocenters. The van der Waals surface area contributed by atoms with Crippen LogP contribution in [0.4, 0.5) is 17.2 Å². The third kappa shape index (κ3) is 4.33. The van der Waals surface area contributed by atoms with Crippen molar-refractivity contribution in [1.29, 1.82) is 5.26 Å². The Labute approximate surface area is 164 Å². The van der Waals surface area contributed by atoms with Gasteiger partial charge in [0.05, 0.1) is 24.0 Å². The van der Waals surface area contributed by atoms with Gasteiger partial charge in [0.2, 0.25) is 0 Å². The molecule has 0 bridgehead atoms. The minimum absolute atomic E-state index is 0.212. The molecule has 28 heavy (non-hydrogen) atoms. The molecule has 6 nitrogen and oxygen atoms in total. The van der Waals surface area contributed by atoms with E-state index in [-0.39, 0.29) is 11.6 Å². The third-order valence-electron chi connectivity index (χ3n) is 4.34. The smallest absolute Gasteiger partial charge is 0.275 e. The van der Waals surface area contributed by atoms with Crippen molar-refractivity contribution in [2.45, 2.75) is 26.7 Å². The van der Waals surface area contributed by atoms with E-state index >= 15 is 0 Å². The Morgan fingerprint density at radius 2 is 1.82 bits per heavy atom. The molecule has 0 fully saturated rings. The number of amides is 1. The van der Waals surface area contributed by atoms with Gasteiger partial charge in [-0.2, -0.15) is 5.26 Å². The van der Waals surface area contributed by atoms with Gasteiger partial charge < -0.3 is 10.6 Å². The van der Waals surface area contributed by atoms with Crippen LogP contribution in [0.5, 0.6) is 0 Å². The molecule has 0 spiro atoms. The number of carbonyl (C=O) groups excluding carboxylic acids is 1. The van der Waals surface area contributed by atoms with Crippen LogP contribution in [0.15, 0.2) is 54.9 Å². The Hall–Kier alpha value is -3.72. The summed E-state index contributed by atoms with van der Waals surface area (Å²) in [6, 6.07) is 14.8. The molecule has 2 N–H and O–H groups in total. The second kappa shape index (κ2) is 8.31. The van der Waals surface area contributed by atoms with Gasteiger partial charge in [0, 0.05) is 11.4 Å². The number of aromatic nitrogens is 2. The maximum atomic E-state index is 12.3. The summed E-state index contributed by atoms with van der Waals surface area (Å²) in [5.74, 6) is 0.585. The zero-order valence-corrected chi connectivity index (χ0v) is 16.0. The molecule has 140 valence electrons. The van der Waals surface area contributed by atoms with Crippen molar-refractivity contribution in [2.75, 3.05) is 10.6 Å². The number of para-hydroxylation sites is 1. The Bertz CT molecular complexity index is 1020. The fraction of sp³-hybridized carbons (Fsp3) is 0.182. The van der Waals surface area contributed by atoms with E-state index in [9.17, 15) is 4.79 Å². The first-order valence-electron chi connectivity index (χ1n) is 8.98. The number of aryl methyl sites for hydroxylation is 1. The van der Waals surface area contributed by atoms with Crippen LogP contribution in [0.3, 0.4) is 0 Å². The van der Waals surface area contributed by atoms with Gasteiger partial charge in [-0.25, -0.2) is 9.97 Å². The quantitative estimate of drug-likeness (QED) is 0.674. The molecule has 0 unspecified atom stereocenters. The number of hydrogen-bond acceptors (Lipinski definition) is 5. The van der Waals surface area contributed by atoms with Crippen molar-refractivity contribution < 1.29 is 4.79 Å². The fourth-order valence-corrected chi connectivity index (χ4v) is 2.80. The van der Waals surface area contributed by atoms with Crippen LogP contribution >= 0.6 is 0 Å². The molecule has 1 heterocycles. The van der Waals surface area contributed by atoms with E-state index in [1.54, 1.807) is 30.5 Å². The van der Waals surface area contributed by atoms with Gasteiger partial charge in [0.15, 0.2) is 0 Å². The van der Waals surface area contributed by atoms with Crippen molar-refractivity contribution in [1.82, 2.24) is 9.97 Å². The maximum absolute atomic E-state index is 12.3. The molecule has 0 aliphatic carbocycles. The normalized spacial score (nSPS) is 10.4. The van der Waals surface area contributed by atoms with Crippen LogP contribution in [0, 0.1) is 18.3 Å². The molecular weight excluding hydrogens is 350 g/mol. The second-order valence-electron chi connectivity index (χ2n) is 6.75. The first kappa shape index (κ1) is 19.1. The van der Waals surface area contributed by atoms with Crippen LogP contribution in [-0.2, 0) is 0 Å². The zero-order chi connectivity index (χ0) is 20.1. The van der Waals surface area contributed by atoms with Gasteiger partial charge in [0.1, 0.15) is 11.5 Å². The van der Waals surface area contributed by atoms with E-state index < -0.39 is 0 Å². The summed E-state index contributed by atoms with van der Waals surface area (Å²) in [7, 11) is 0. The van der Waals surface area contributed by atoms with E-state index in [4.69, 9.17) is 5.26 Å². The number of nitrogens with one attached hydrogen (secondary N) is 2. The molecule has 0 saturated carbocycles. The van der Waals surface area contributed by atoms with Gasteiger partial charge in [-0.3, -0.25) is 4.79 Å². The molecule has 1 amide bonds. The van der Waals surface area contributed by atoms with E-state index in [0.29, 0.717) is 23.0 Å². The molecule has 0 aliphatic rings. The molecule has 3 aromatic rings. The number of benzene rings is 2. The minimum Gasteiger partial charge on any atom is -0.338 e. The Kier molecular flexibility index (Phi) is 5.66. The molecular formula is C22H21N5O. The molecule has 6 heteroatoms. The standard InChI is InChI=1S/C22H21N5O/c1-14(2)18-6-4-5-15(3)21(18)27-20-13-24-19(12-25-20)22(28)26-17-9-7-16(11-23)8-10-17/h4-10,12-14H,1-3H3,(H,25,27)(H,26,28). The zero-order valence-electron chi connectivity index (χ0n) is 16.0. The molecule has 0 saturated heterocycles. The highest BCUT2D eigenvalue weighted by Gasteiger charge is 2.12.